The van der Waals surface area contributed by atoms with Gasteiger partial charge in [0.15, 0.2) is 6.10 Å². The van der Waals surface area contributed by atoms with Crippen LogP contribution in [0.15, 0.2) is 0 Å². The molecule has 0 spiro atoms. The van der Waals surface area contributed by atoms with Crippen molar-refractivity contribution in [2.75, 3.05) is 13.1 Å². The predicted octanol–water partition coefficient (Wildman–Crippen LogP) is 3.64. The molecule has 0 aliphatic heterocycles. The Bertz CT molecular complexity index is 186. The number of unbranched alkanes of at least 4 members (excludes halogenated alkanes) is 7. The molecule has 110 valence electrons. The van der Waals surface area contributed by atoms with Crippen LogP contribution in [0.25, 0.3) is 0 Å². The molecular weight excluding hydrogens is 243 g/mol. The zero-order chi connectivity index (χ0) is 13.9. The van der Waals surface area contributed by atoms with Crippen molar-refractivity contribution in [3.63, 3.8) is 0 Å². The minimum Gasteiger partial charge on any atom is -0.382 e. The zero-order valence-corrected chi connectivity index (χ0v) is 11.2. The Labute approximate surface area is 108 Å². The van der Waals surface area contributed by atoms with Crippen molar-refractivity contribution in [3.05, 3.63) is 0 Å². The molecule has 1 atom stereocenters. The largest absolute Gasteiger partial charge is 0.415 e. The summed E-state index contributed by atoms with van der Waals surface area (Å²) in [6, 6.07) is 0. The first kappa shape index (κ1) is 17.7. The first-order chi connectivity index (χ1) is 8.48. The Morgan fingerprint density at radius 3 is 1.94 bits per heavy atom. The van der Waals surface area contributed by atoms with Gasteiger partial charge in [0.25, 0.3) is 0 Å². The molecule has 0 aliphatic carbocycles. The minimum atomic E-state index is -4.51. The molecule has 0 saturated heterocycles. The standard InChI is InChI=1S/C13H26F3NO/c1-2-3-4-5-6-7-8-9-10-17-11-12(18)13(14,15)16/h12,17-18H,2-11H2,1H3. The highest BCUT2D eigenvalue weighted by molar-refractivity contribution is 4.67. The number of alkyl halides is 3. The van der Waals surface area contributed by atoms with Crippen LogP contribution in [0, 0.1) is 0 Å². The van der Waals surface area contributed by atoms with Crippen LogP contribution in [-0.2, 0) is 0 Å². The summed E-state index contributed by atoms with van der Waals surface area (Å²) in [5.74, 6) is 0. The van der Waals surface area contributed by atoms with E-state index >= 15 is 0 Å². The highest BCUT2D eigenvalue weighted by Crippen LogP contribution is 2.19. The molecule has 2 N–H and O–H groups in total. The molecule has 0 radical (unpaired) electrons. The van der Waals surface area contributed by atoms with Crippen molar-refractivity contribution >= 4 is 0 Å². The van der Waals surface area contributed by atoms with E-state index in [1.54, 1.807) is 0 Å². The monoisotopic (exact) mass is 269 g/mol. The van der Waals surface area contributed by atoms with E-state index < -0.39 is 18.8 Å². The molecule has 1 unspecified atom stereocenters. The fraction of sp³-hybridized carbons (Fsp3) is 1.00. The van der Waals surface area contributed by atoms with Crippen LogP contribution < -0.4 is 5.32 Å². The number of nitrogens with one attached hydrogen (secondary N) is 1. The van der Waals surface area contributed by atoms with Crippen LogP contribution in [-0.4, -0.2) is 30.5 Å². The highest BCUT2D eigenvalue weighted by Gasteiger charge is 2.37. The van der Waals surface area contributed by atoms with Gasteiger partial charge in [0.2, 0.25) is 0 Å². The van der Waals surface area contributed by atoms with Gasteiger partial charge in [-0.1, -0.05) is 51.9 Å². The average molecular weight is 269 g/mol. The Hall–Kier alpha value is -0.290. The first-order valence-electron chi connectivity index (χ1n) is 6.94. The molecule has 0 saturated carbocycles. The van der Waals surface area contributed by atoms with E-state index in [2.05, 4.69) is 12.2 Å². The average Bonchev–Trinajstić information content (AvgIpc) is 2.30. The van der Waals surface area contributed by atoms with Crippen molar-refractivity contribution in [2.45, 2.75) is 70.6 Å². The second-order valence-corrected chi connectivity index (χ2v) is 4.74. The zero-order valence-electron chi connectivity index (χ0n) is 11.2. The molecule has 2 nitrogen and oxygen atoms in total. The number of hydrogen-bond donors (Lipinski definition) is 2. The molecule has 0 rings (SSSR count). The van der Waals surface area contributed by atoms with Crippen LogP contribution in [0.4, 0.5) is 13.2 Å². The van der Waals surface area contributed by atoms with Gasteiger partial charge >= 0.3 is 6.18 Å². The lowest BCUT2D eigenvalue weighted by atomic mass is 10.1. The maximum atomic E-state index is 11.9. The lowest BCUT2D eigenvalue weighted by molar-refractivity contribution is -0.201. The van der Waals surface area contributed by atoms with Gasteiger partial charge in [-0.25, -0.2) is 0 Å². The van der Waals surface area contributed by atoms with Gasteiger partial charge in [-0.05, 0) is 13.0 Å². The van der Waals surface area contributed by atoms with Gasteiger partial charge < -0.3 is 10.4 Å². The van der Waals surface area contributed by atoms with Crippen molar-refractivity contribution in [3.8, 4) is 0 Å². The smallest absolute Gasteiger partial charge is 0.382 e. The molecular formula is C13H26F3NO. The van der Waals surface area contributed by atoms with Crippen LogP contribution in [0.2, 0.25) is 0 Å². The Morgan fingerprint density at radius 2 is 1.44 bits per heavy atom. The quantitative estimate of drug-likeness (QED) is 0.561. The van der Waals surface area contributed by atoms with E-state index in [9.17, 15) is 13.2 Å². The molecule has 0 amide bonds. The minimum absolute atomic E-state index is 0.403. The van der Waals surface area contributed by atoms with E-state index in [-0.39, 0.29) is 0 Å². The number of rotatable bonds is 11. The lowest BCUT2D eigenvalue weighted by Crippen LogP contribution is -2.38. The van der Waals surface area contributed by atoms with E-state index in [1.165, 1.54) is 32.1 Å². The fourth-order valence-electron chi connectivity index (χ4n) is 1.74. The Morgan fingerprint density at radius 1 is 0.944 bits per heavy atom. The van der Waals surface area contributed by atoms with Gasteiger partial charge in [0.1, 0.15) is 0 Å². The van der Waals surface area contributed by atoms with Crippen LogP contribution in [0.3, 0.4) is 0 Å². The Balaban J connectivity index is 3.17. The van der Waals surface area contributed by atoms with Gasteiger partial charge in [-0.3, -0.25) is 0 Å². The number of halogens is 3. The molecule has 0 bridgehead atoms. The number of aliphatic hydroxyl groups excluding tert-OH is 1. The van der Waals surface area contributed by atoms with E-state index in [0.717, 1.165) is 19.3 Å². The summed E-state index contributed by atoms with van der Waals surface area (Å²) in [6.45, 7) is 2.32. The maximum absolute atomic E-state index is 11.9. The highest BCUT2D eigenvalue weighted by atomic mass is 19.4. The maximum Gasteiger partial charge on any atom is 0.415 e. The van der Waals surface area contributed by atoms with Gasteiger partial charge in [0.05, 0.1) is 0 Å². The molecule has 0 aromatic rings. The molecule has 0 aromatic carbocycles. The van der Waals surface area contributed by atoms with E-state index in [1.807, 2.05) is 0 Å². The SMILES string of the molecule is CCCCCCCCCCNCC(O)C(F)(F)F. The first-order valence-corrected chi connectivity index (χ1v) is 6.94. The molecule has 18 heavy (non-hydrogen) atoms. The summed E-state index contributed by atoms with van der Waals surface area (Å²) in [5.41, 5.74) is 0. The third-order valence-electron chi connectivity index (χ3n) is 2.92. The fourth-order valence-corrected chi connectivity index (χ4v) is 1.74. The van der Waals surface area contributed by atoms with Crippen molar-refractivity contribution in [2.24, 2.45) is 0 Å². The molecule has 0 aromatic heterocycles. The van der Waals surface area contributed by atoms with Crippen LogP contribution in [0.1, 0.15) is 58.3 Å². The van der Waals surface area contributed by atoms with Crippen molar-refractivity contribution < 1.29 is 18.3 Å². The van der Waals surface area contributed by atoms with Gasteiger partial charge in [-0.2, -0.15) is 13.2 Å². The van der Waals surface area contributed by atoms with E-state index in [0.29, 0.717) is 6.54 Å². The molecule has 5 heteroatoms. The number of hydrogen-bond acceptors (Lipinski definition) is 2. The predicted molar refractivity (Wildman–Crippen MR) is 67.5 cm³/mol. The topological polar surface area (TPSA) is 32.3 Å². The van der Waals surface area contributed by atoms with Crippen LogP contribution in [0.5, 0.6) is 0 Å². The second-order valence-electron chi connectivity index (χ2n) is 4.74. The summed E-state index contributed by atoms with van der Waals surface area (Å²) in [7, 11) is 0. The van der Waals surface area contributed by atoms with Gasteiger partial charge in [-0.15, -0.1) is 0 Å². The van der Waals surface area contributed by atoms with Crippen molar-refractivity contribution in [1.29, 1.82) is 0 Å². The van der Waals surface area contributed by atoms with Gasteiger partial charge in [0, 0.05) is 6.54 Å². The summed E-state index contributed by atoms with van der Waals surface area (Å²) >= 11 is 0. The summed E-state index contributed by atoms with van der Waals surface area (Å²) in [6.07, 6.45) is 2.60. The van der Waals surface area contributed by atoms with E-state index in [4.69, 9.17) is 5.11 Å². The van der Waals surface area contributed by atoms with Crippen molar-refractivity contribution in [1.82, 2.24) is 5.32 Å². The second kappa shape index (κ2) is 10.6. The number of aliphatic hydroxyl groups is 1. The summed E-state index contributed by atoms with van der Waals surface area (Å²) in [4.78, 5) is 0. The third-order valence-corrected chi connectivity index (χ3v) is 2.92. The van der Waals surface area contributed by atoms with Crippen LogP contribution >= 0.6 is 0 Å². The third kappa shape index (κ3) is 10.8. The normalized spacial score (nSPS) is 13.8. The molecule has 0 fully saturated rings. The summed E-state index contributed by atoms with van der Waals surface area (Å²) in [5, 5.41) is 11.4. The Kier molecular flexibility index (Phi) is 10.4. The lowest BCUT2D eigenvalue weighted by Gasteiger charge is -2.14. The molecule has 0 aliphatic rings. The molecule has 0 heterocycles. The summed E-state index contributed by atoms with van der Waals surface area (Å²) < 4.78 is 35.8.